The molecule has 0 bridgehead atoms. The number of carboxylic acid groups (broad SMARTS) is 2. The van der Waals surface area contributed by atoms with Crippen LogP contribution in [0.25, 0.3) is 5.57 Å². The summed E-state index contributed by atoms with van der Waals surface area (Å²) in [5, 5.41) is 21.9. The summed E-state index contributed by atoms with van der Waals surface area (Å²) in [6, 6.07) is 1.97. The lowest BCUT2D eigenvalue weighted by atomic mass is 10.1. The summed E-state index contributed by atoms with van der Waals surface area (Å²) in [4.78, 5) is 18.2. The van der Waals surface area contributed by atoms with E-state index < -0.39 is 11.9 Å². The first kappa shape index (κ1) is 13.9. The van der Waals surface area contributed by atoms with E-state index in [-0.39, 0.29) is 0 Å². The normalized spacial score (nSPS) is 14.2. The maximum Gasteiger partial charge on any atom is 0.414 e. The SMILES string of the molecule is Cc1cc(C2=CCCNC2)on1.O=C(O)C(=O)O. The lowest BCUT2D eigenvalue weighted by molar-refractivity contribution is -0.159. The van der Waals surface area contributed by atoms with Crippen molar-refractivity contribution in [3.8, 4) is 0 Å². The molecule has 2 heterocycles. The van der Waals surface area contributed by atoms with Crippen molar-refractivity contribution in [3.05, 3.63) is 23.6 Å². The van der Waals surface area contributed by atoms with Gasteiger partial charge in [0.25, 0.3) is 0 Å². The van der Waals surface area contributed by atoms with Crippen molar-refractivity contribution < 1.29 is 24.3 Å². The second kappa shape index (κ2) is 6.55. The molecule has 0 saturated heterocycles. The number of aromatic nitrogens is 1. The van der Waals surface area contributed by atoms with Crippen LogP contribution in [0.3, 0.4) is 0 Å². The molecular weight excluding hydrogens is 240 g/mol. The predicted molar refractivity (Wildman–Crippen MR) is 62.0 cm³/mol. The van der Waals surface area contributed by atoms with E-state index in [2.05, 4.69) is 16.5 Å². The standard InChI is InChI=1S/C9H12N2O.C2H2O4/c1-7-5-9(12-11-7)8-3-2-4-10-6-8;3-1(4)2(5)6/h3,5,10H,2,4,6H2,1H3;(H,3,4)(H,5,6). The van der Waals surface area contributed by atoms with E-state index in [1.165, 1.54) is 5.57 Å². The van der Waals surface area contributed by atoms with Crippen LogP contribution in [-0.2, 0) is 9.59 Å². The minimum atomic E-state index is -1.82. The molecule has 0 unspecified atom stereocenters. The van der Waals surface area contributed by atoms with Gasteiger partial charge in [-0.1, -0.05) is 11.2 Å². The smallest absolute Gasteiger partial charge is 0.414 e. The van der Waals surface area contributed by atoms with Gasteiger partial charge in [-0.2, -0.15) is 0 Å². The van der Waals surface area contributed by atoms with Crippen molar-refractivity contribution in [1.82, 2.24) is 10.5 Å². The number of carboxylic acids is 2. The van der Waals surface area contributed by atoms with Crippen LogP contribution in [-0.4, -0.2) is 40.4 Å². The number of nitrogens with one attached hydrogen (secondary N) is 1. The number of aryl methyl sites for hydroxylation is 1. The molecule has 1 aromatic heterocycles. The zero-order valence-corrected chi connectivity index (χ0v) is 9.84. The average Bonchev–Trinajstić information content (AvgIpc) is 2.78. The monoisotopic (exact) mass is 254 g/mol. The van der Waals surface area contributed by atoms with Crippen LogP contribution < -0.4 is 5.32 Å². The van der Waals surface area contributed by atoms with Crippen LogP contribution in [0.4, 0.5) is 0 Å². The molecule has 7 nitrogen and oxygen atoms in total. The number of nitrogens with zero attached hydrogens (tertiary/aromatic N) is 1. The largest absolute Gasteiger partial charge is 0.473 e. The Hall–Kier alpha value is -2.15. The fraction of sp³-hybridized carbons (Fsp3) is 0.364. The predicted octanol–water partition coefficient (Wildman–Crippen LogP) is 0.515. The van der Waals surface area contributed by atoms with E-state index in [0.29, 0.717) is 0 Å². The lowest BCUT2D eigenvalue weighted by Gasteiger charge is -2.10. The van der Waals surface area contributed by atoms with Crippen LogP contribution in [0.1, 0.15) is 17.9 Å². The summed E-state index contributed by atoms with van der Waals surface area (Å²) in [5.41, 5.74) is 2.17. The molecule has 0 fully saturated rings. The Bertz CT molecular complexity index is 452. The summed E-state index contributed by atoms with van der Waals surface area (Å²) < 4.78 is 5.15. The van der Waals surface area contributed by atoms with E-state index in [0.717, 1.165) is 31.0 Å². The van der Waals surface area contributed by atoms with Gasteiger partial charge in [-0.05, 0) is 19.9 Å². The van der Waals surface area contributed by atoms with Gasteiger partial charge >= 0.3 is 11.9 Å². The maximum atomic E-state index is 9.10. The molecule has 0 saturated carbocycles. The fourth-order valence-corrected chi connectivity index (χ4v) is 1.35. The average molecular weight is 254 g/mol. The molecule has 18 heavy (non-hydrogen) atoms. The van der Waals surface area contributed by atoms with Crippen molar-refractivity contribution in [2.45, 2.75) is 13.3 Å². The molecule has 0 spiro atoms. The van der Waals surface area contributed by atoms with Gasteiger partial charge < -0.3 is 20.1 Å². The second-order valence-electron chi connectivity index (χ2n) is 3.64. The topological polar surface area (TPSA) is 113 Å². The zero-order chi connectivity index (χ0) is 13.5. The minimum Gasteiger partial charge on any atom is -0.473 e. The van der Waals surface area contributed by atoms with Crippen LogP contribution >= 0.6 is 0 Å². The third-order valence-electron chi connectivity index (χ3n) is 2.15. The quantitative estimate of drug-likeness (QED) is 0.626. The molecule has 1 aliphatic rings. The first-order chi connectivity index (χ1) is 8.50. The highest BCUT2D eigenvalue weighted by Crippen LogP contribution is 2.16. The van der Waals surface area contributed by atoms with Gasteiger partial charge in [0, 0.05) is 18.2 Å². The van der Waals surface area contributed by atoms with Gasteiger partial charge in [0.15, 0.2) is 5.76 Å². The Labute approximate surface area is 103 Å². The molecule has 0 aromatic carbocycles. The Morgan fingerprint density at radius 3 is 2.44 bits per heavy atom. The molecule has 1 aliphatic heterocycles. The van der Waals surface area contributed by atoms with Crippen LogP contribution in [0.5, 0.6) is 0 Å². The van der Waals surface area contributed by atoms with Gasteiger partial charge in [-0.25, -0.2) is 9.59 Å². The third-order valence-corrected chi connectivity index (χ3v) is 2.15. The van der Waals surface area contributed by atoms with E-state index in [4.69, 9.17) is 24.3 Å². The lowest BCUT2D eigenvalue weighted by Crippen LogP contribution is -2.21. The highest BCUT2D eigenvalue weighted by Gasteiger charge is 2.09. The van der Waals surface area contributed by atoms with Crippen LogP contribution in [0.15, 0.2) is 16.7 Å². The highest BCUT2D eigenvalue weighted by atomic mass is 16.5. The Morgan fingerprint density at radius 1 is 1.39 bits per heavy atom. The van der Waals surface area contributed by atoms with Gasteiger partial charge in [0.2, 0.25) is 0 Å². The molecule has 1 aromatic rings. The molecule has 0 amide bonds. The minimum absolute atomic E-state index is 0.897. The molecule has 7 heteroatoms. The number of aliphatic carboxylic acids is 2. The number of hydrogen-bond acceptors (Lipinski definition) is 5. The number of hydrogen-bond donors (Lipinski definition) is 3. The van der Waals surface area contributed by atoms with E-state index in [9.17, 15) is 0 Å². The molecule has 98 valence electrons. The van der Waals surface area contributed by atoms with Crippen molar-refractivity contribution >= 4 is 17.5 Å². The van der Waals surface area contributed by atoms with Crippen molar-refractivity contribution in [2.75, 3.05) is 13.1 Å². The molecule has 0 aliphatic carbocycles. The summed E-state index contributed by atoms with van der Waals surface area (Å²) in [5.74, 6) is -2.75. The Balaban J connectivity index is 0.000000232. The Morgan fingerprint density at radius 2 is 2.06 bits per heavy atom. The summed E-state index contributed by atoms with van der Waals surface area (Å²) in [6.45, 7) is 3.90. The van der Waals surface area contributed by atoms with Gasteiger partial charge in [-0.15, -0.1) is 0 Å². The van der Waals surface area contributed by atoms with Crippen molar-refractivity contribution in [3.63, 3.8) is 0 Å². The molecule has 3 N–H and O–H groups in total. The number of carbonyl (C=O) groups is 2. The summed E-state index contributed by atoms with van der Waals surface area (Å²) >= 11 is 0. The molecule has 2 rings (SSSR count). The van der Waals surface area contributed by atoms with Gasteiger partial charge in [0.1, 0.15) is 0 Å². The fourth-order valence-electron chi connectivity index (χ4n) is 1.35. The molecular formula is C11H14N2O5. The van der Waals surface area contributed by atoms with E-state index >= 15 is 0 Å². The summed E-state index contributed by atoms with van der Waals surface area (Å²) in [7, 11) is 0. The van der Waals surface area contributed by atoms with E-state index in [1.807, 2.05) is 13.0 Å². The van der Waals surface area contributed by atoms with Crippen LogP contribution in [0, 0.1) is 6.92 Å². The van der Waals surface area contributed by atoms with Crippen molar-refractivity contribution in [1.29, 1.82) is 0 Å². The van der Waals surface area contributed by atoms with E-state index in [1.54, 1.807) is 0 Å². The third kappa shape index (κ3) is 4.38. The van der Waals surface area contributed by atoms with Crippen molar-refractivity contribution in [2.24, 2.45) is 0 Å². The Kier molecular flexibility index (Phi) is 5.06. The van der Waals surface area contributed by atoms with Crippen LogP contribution in [0.2, 0.25) is 0 Å². The maximum absolute atomic E-state index is 9.10. The first-order valence-electron chi connectivity index (χ1n) is 5.30. The highest BCUT2D eigenvalue weighted by molar-refractivity contribution is 6.27. The zero-order valence-electron chi connectivity index (χ0n) is 9.84. The first-order valence-corrected chi connectivity index (χ1v) is 5.30. The van der Waals surface area contributed by atoms with Gasteiger partial charge in [-0.3, -0.25) is 0 Å². The number of rotatable bonds is 1. The second-order valence-corrected chi connectivity index (χ2v) is 3.64. The molecule has 0 radical (unpaired) electrons. The molecule has 0 atom stereocenters. The van der Waals surface area contributed by atoms with Gasteiger partial charge in [0.05, 0.1) is 5.69 Å². The summed E-state index contributed by atoms with van der Waals surface area (Å²) in [6.07, 6.45) is 3.28.